The van der Waals surface area contributed by atoms with Crippen LogP contribution in [0.2, 0.25) is 5.02 Å². The molecular weight excluding hydrogens is 237 g/mol. The summed E-state index contributed by atoms with van der Waals surface area (Å²) in [4.78, 5) is 10.1. The molecule has 0 spiro atoms. The molecule has 0 saturated heterocycles. The van der Waals surface area contributed by atoms with Gasteiger partial charge in [-0.25, -0.2) is 0 Å². The van der Waals surface area contributed by atoms with Gasteiger partial charge >= 0.3 is 0 Å². The summed E-state index contributed by atoms with van der Waals surface area (Å²) >= 11 is 11.7. The highest BCUT2D eigenvalue weighted by Gasteiger charge is 2.15. The van der Waals surface area contributed by atoms with E-state index in [0.29, 0.717) is 6.42 Å². The van der Waals surface area contributed by atoms with Gasteiger partial charge in [0, 0.05) is 11.4 Å². The Morgan fingerprint density at radius 2 is 2.13 bits per heavy atom. The first-order valence-electron chi connectivity index (χ1n) is 4.49. The third-order valence-corrected chi connectivity index (χ3v) is 2.56. The summed E-state index contributed by atoms with van der Waals surface area (Å²) < 4.78 is 0. The smallest absolute Gasteiger partial charge is 0.258 e. The molecule has 0 aliphatic heterocycles. The molecule has 82 valence electrons. The van der Waals surface area contributed by atoms with Crippen LogP contribution in [0.5, 0.6) is 0 Å². The van der Waals surface area contributed by atoms with E-state index in [2.05, 4.69) is 0 Å². The zero-order chi connectivity index (χ0) is 11.6. The van der Waals surface area contributed by atoms with Crippen molar-refractivity contribution in [2.24, 2.45) is 0 Å². The molecule has 1 aromatic rings. The average Bonchev–Trinajstić information content (AvgIpc) is 2.09. The van der Waals surface area contributed by atoms with Gasteiger partial charge < -0.3 is 0 Å². The van der Waals surface area contributed by atoms with Gasteiger partial charge in [-0.2, -0.15) is 0 Å². The van der Waals surface area contributed by atoms with Crippen molar-refractivity contribution in [1.29, 1.82) is 0 Å². The molecule has 0 fully saturated rings. The van der Waals surface area contributed by atoms with Crippen LogP contribution in [0, 0.1) is 17.0 Å². The lowest BCUT2D eigenvalue weighted by molar-refractivity contribution is -0.384. The van der Waals surface area contributed by atoms with Crippen LogP contribution in [0.3, 0.4) is 0 Å². The number of benzene rings is 1. The number of nitrogens with zero attached hydrogens (tertiary/aromatic N) is 1. The monoisotopic (exact) mass is 247 g/mol. The molecule has 0 amide bonds. The van der Waals surface area contributed by atoms with Gasteiger partial charge in [0.1, 0.15) is 5.02 Å². The minimum absolute atomic E-state index is 0.0128. The van der Waals surface area contributed by atoms with Crippen LogP contribution in [-0.4, -0.2) is 10.3 Å². The highest BCUT2D eigenvalue weighted by molar-refractivity contribution is 6.32. The first-order chi connectivity index (χ1) is 6.91. The van der Waals surface area contributed by atoms with E-state index < -0.39 is 4.92 Å². The van der Waals surface area contributed by atoms with Gasteiger partial charge in [-0.15, -0.1) is 11.6 Å². The van der Waals surface area contributed by atoms with E-state index in [4.69, 9.17) is 23.2 Å². The number of nitro benzene ring substituents is 1. The number of rotatable bonds is 3. The SMILES string of the molecule is Cc1cc([N+](=O)[O-])c(Cl)cc1CC(C)Cl. The number of alkyl halides is 1. The summed E-state index contributed by atoms with van der Waals surface area (Å²) in [5.74, 6) is 0. The van der Waals surface area contributed by atoms with E-state index in [0.717, 1.165) is 11.1 Å². The fourth-order valence-electron chi connectivity index (χ4n) is 1.37. The Kier molecular flexibility index (Phi) is 3.94. The van der Waals surface area contributed by atoms with Crippen LogP contribution >= 0.6 is 23.2 Å². The van der Waals surface area contributed by atoms with Crippen molar-refractivity contribution in [3.05, 3.63) is 38.4 Å². The Labute approximate surface area is 98.2 Å². The van der Waals surface area contributed by atoms with Crippen LogP contribution < -0.4 is 0 Å². The Balaban J connectivity index is 3.13. The Morgan fingerprint density at radius 1 is 1.53 bits per heavy atom. The standard InChI is InChI=1S/C10H11Cl2NO2/c1-6-3-10(13(14)15)9(12)5-8(6)4-7(2)11/h3,5,7H,4H2,1-2H3. The molecule has 0 heterocycles. The summed E-state index contributed by atoms with van der Waals surface area (Å²) in [6.07, 6.45) is 0.658. The van der Waals surface area contributed by atoms with Crippen molar-refractivity contribution in [2.75, 3.05) is 0 Å². The Hall–Kier alpha value is -0.800. The van der Waals surface area contributed by atoms with Crippen LogP contribution in [0.1, 0.15) is 18.1 Å². The first-order valence-corrected chi connectivity index (χ1v) is 5.30. The number of nitro groups is 1. The Bertz CT molecular complexity index is 391. The molecule has 0 N–H and O–H groups in total. The van der Waals surface area contributed by atoms with Crippen LogP contribution in [0.25, 0.3) is 0 Å². The lowest BCUT2D eigenvalue weighted by atomic mass is 10.0. The van der Waals surface area contributed by atoms with E-state index in [1.807, 2.05) is 13.8 Å². The predicted molar refractivity (Wildman–Crippen MR) is 61.9 cm³/mol. The van der Waals surface area contributed by atoms with Gasteiger partial charge in [0.05, 0.1) is 4.92 Å². The van der Waals surface area contributed by atoms with Crippen molar-refractivity contribution in [3.8, 4) is 0 Å². The lowest BCUT2D eigenvalue weighted by Gasteiger charge is -2.08. The zero-order valence-corrected chi connectivity index (χ0v) is 9.97. The van der Waals surface area contributed by atoms with Crippen molar-refractivity contribution >= 4 is 28.9 Å². The molecule has 0 bridgehead atoms. The van der Waals surface area contributed by atoms with Gasteiger partial charge in [0.15, 0.2) is 0 Å². The third kappa shape index (κ3) is 3.08. The second kappa shape index (κ2) is 4.81. The molecular formula is C10H11Cl2NO2. The molecule has 0 aromatic heterocycles. The van der Waals surface area contributed by atoms with E-state index in [-0.39, 0.29) is 16.1 Å². The lowest BCUT2D eigenvalue weighted by Crippen LogP contribution is -2.01. The quantitative estimate of drug-likeness (QED) is 0.464. The summed E-state index contributed by atoms with van der Waals surface area (Å²) in [5, 5.41) is 10.8. The molecule has 0 aliphatic carbocycles. The summed E-state index contributed by atoms with van der Waals surface area (Å²) in [5.41, 5.74) is 1.74. The van der Waals surface area contributed by atoms with Crippen molar-refractivity contribution in [1.82, 2.24) is 0 Å². The zero-order valence-electron chi connectivity index (χ0n) is 8.46. The topological polar surface area (TPSA) is 43.1 Å². The van der Waals surface area contributed by atoms with E-state index in [9.17, 15) is 10.1 Å². The van der Waals surface area contributed by atoms with Crippen molar-refractivity contribution < 1.29 is 4.92 Å². The molecule has 1 atom stereocenters. The maximum atomic E-state index is 10.6. The van der Waals surface area contributed by atoms with Crippen LogP contribution in [0.15, 0.2) is 12.1 Å². The first kappa shape index (κ1) is 12.3. The maximum Gasteiger partial charge on any atom is 0.288 e. The minimum Gasteiger partial charge on any atom is -0.258 e. The summed E-state index contributed by atoms with van der Waals surface area (Å²) in [6.45, 7) is 3.69. The van der Waals surface area contributed by atoms with Crippen molar-refractivity contribution in [2.45, 2.75) is 25.6 Å². The molecule has 0 saturated carbocycles. The molecule has 1 rings (SSSR count). The van der Waals surface area contributed by atoms with Crippen LogP contribution in [0.4, 0.5) is 5.69 Å². The number of hydrogen-bond acceptors (Lipinski definition) is 2. The van der Waals surface area contributed by atoms with E-state index in [1.54, 1.807) is 6.07 Å². The second-order valence-electron chi connectivity index (χ2n) is 3.47. The third-order valence-electron chi connectivity index (χ3n) is 2.10. The molecule has 3 nitrogen and oxygen atoms in total. The molecule has 15 heavy (non-hydrogen) atoms. The molecule has 0 radical (unpaired) electrons. The largest absolute Gasteiger partial charge is 0.288 e. The fourth-order valence-corrected chi connectivity index (χ4v) is 1.79. The van der Waals surface area contributed by atoms with E-state index in [1.165, 1.54) is 6.07 Å². The number of aryl methyl sites for hydroxylation is 1. The van der Waals surface area contributed by atoms with Gasteiger partial charge in [-0.1, -0.05) is 11.6 Å². The fraction of sp³-hybridized carbons (Fsp3) is 0.400. The minimum atomic E-state index is -0.483. The highest BCUT2D eigenvalue weighted by atomic mass is 35.5. The molecule has 1 unspecified atom stereocenters. The second-order valence-corrected chi connectivity index (χ2v) is 4.62. The highest BCUT2D eigenvalue weighted by Crippen LogP contribution is 2.28. The number of hydrogen-bond donors (Lipinski definition) is 0. The predicted octanol–water partition coefficient (Wildman–Crippen LogP) is 3.73. The summed E-state index contributed by atoms with van der Waals surface area (Å²) in [7, 11) is 0. The van der Waals surface area contributed by atoms with E-state index >= 15 is 0 Å². The number of halogens is 2. The van der Waals surface area contributed by atoms with Gasteiger partial charge in [-0.05, 0) is 37.5 Å². The Morgan fingerprint density at radius 3 is 2.60 bits per heavy atom. The molecule has 0 aliphatic rings. The normalized spacial score (nSPS) is 12.5. The summed E-state index contributed by atoms with van der Waals surface area (Å²) in [6, 6.07) is 3.10. The van der Waals surface area contributed by atoms with Crippen LogP contribution in [-0.2, 0) is 6.42 Å². The van der Waals surface area contributed by atoms with Gasteiger partial charge in [0.2, 0.25) is 0 Å². The average molecular weight is 248 g/mol. The molecule has 1 aromatic carbocycles. The van der Waals surface area contributed by atoms with Gasteiger partial charge in [0.25, 0.3) is 5.69 Å². The van der Waals surface area contributed by atoms with Gasteiger partial charge in [-0.3, -0.25) is 10.1 Å². The van der Waals surface area contributed by atoms with Crippen molar-refractivity contribution in [3.63, 3.8) is 0 Å². The molecule has 5 heteroatoms. The maximum absolute atomic E-state index is 10.6.